The maximum atomic E-state index is 12.9. The number of unbranched alkanes of at least 4 members (excludes halogenated alkanes) is 3. The van der Waals surface area contributed by atoms with Crippen molar-refractivity contribution in [2.24, 2.45) is 11.8 Å². The second-order valence-electron chi connectivity index (χ2n) is 12.8. The molecule has 1 fully saturated rings. The van der Waals surface area contributed by atoms with E-state index in [-0.39, 0.29) is 23.7 Å². The van der Waals surface area contributed by atoms with E-state index in [4.69, 9.17) is 9.15 Å². The Morgan fingerprint density at radius 3 is 2.45 bits per heavy atom. The predicted molar refractivity (Wildman–Crippen MR) is 165 cm³/mol. The van der Waals surface area contributed by atoms with Crippen molar-refractivity contribution in [1.29, 1.82) is 0 Å². The smallest absolute Gasteiger partial charge is 0.345 e. The van der Waals surface area contributed by atoms with Crippen molar-refractivity contribution < 1.29 is 34.7 Å². The molecule has 0 aliphatic carbocycles. The van der Waals surface area contributed by atoms with Crippen LogP contribution in [0.5, 0.6) is 5.75 Å². The van der Waals surface area contributed by atoms with Crippen LogP contribution in [0.25, 0.3) is 0 Å². The molecule has 0 bridgehead atoms. The highest BCUT2D eigenvalue weighted by molar-refractivity contribution is 5.36. The third-order valence-corrected chi connectivity index (χ3v) is 8.21. The zero-order valence-electron chi connectivity index (χ0n) is 26.5. The number of aliphatic hydroxyl groups is 4. The van der Waals surface area contributed by atoms with Gasteiger partial charge in [0.05, 0.1) is 30.3 Å². The second-order valence-corrected chi connectivity index (χ2v) is 12.8. The number of hydrogen-bond acceptors (Lipinski definition) is 8. The van der Waals surface area contributed by atoms with E-state index in [2.05, 4.69) is 39.8 Å². The van der Waals surface area contributed by atoms with Crippen LogP contribution < -0.4 is 5.63 Å². The van der Waals surface area contributed by atoms with Crippen molar-refractivity contribution in [1.82, 2.24) is 0 Å². The first kappa shape index (κ1) is 36.0. The van der Waals surface area contributed by atoms with Crippen LogP contribution in [0.3, 0.4) is 0 Å². The summed E-state index contributed by atoms with van der Waals surface area (Å²) in [6, 6.07) is 1.22. The van der Waals surface area contributed by atoms with Gasteiger partial charge in [0.15, 0.2) is 0 Å². The lowest BCUT2D eigenvalue weighted by Crippen LogP contribution is -2.46. The highest BCUT2D eigenvalue weighted by Gasteiger charge is 2.41. The molecule has 238 valence electrons. The fourth-order valence-corrected chi connectivity index (χ4v) is 5.62. The number of ether oxygens (including phenoxy) is 1. The lowest BCUT2D eigenvalue weighted by Gasteiger charge is -2.36. The van der Waals surface area contributed by atoms with E-state index in [1.54, 1.807) is 19.9 Å². The lowest BCUT2D eigenvalue weighted by molar-refractivity contribution is -0.180. The van der Waals surface area contributed by atoms with Gasteiger partial charge in [-0.25, -0.2) is 4.79 Å². The normalized spacial score (nSPS) is 24.6. The Morgan fingerprint density at radius 1 is 1.14 bits per heavy atom. The minimum Gasteiger partial charge on any atom is -0.507 e. The van der Waals surface area contributed by atoms with E-state index in [1.807, 2.05) is 13.0 Å². The van der Waals surface area contributed by atoms with Crippen LogP contribution in [0, 0.1) is 11.8 Å². The molecule has 0 radical (unpaired) electrons. The van der Waals surface area contributed by atoms with Crippen LogP contribution in [0.4, 0.5) is 0 Å². The Labute approximate surface area is 251 Å². The summed E-state index contributed by atoms with van der Waals surface area (Å²) in [6.45, 7) is 13.8. The molecule has 0 saturated carbocycles. The molecule has 1 aliphatic heterocycles. The summed E-state index contributed by atoms with van der Waals surface area (Å²) in [7, 11) is 0. The van der Waals surface area contributed by atoms with Gasteiger partial charge in [-0.15, -0.1) is 0 Å². The van der Waals surface area contributed by atoms with Crippen molar-refractivity contribution in [3.8, 4) is 5.75 Å². The molecular weight excluding hydrogens is 536 g/mol. The molecule has 0 spiro atoms. The quantitative estimate of drug-likeness (QED) is 0.101. The van der Waals surface area contributed by atoms with Gasteiger partial charge in [-0.1, -0.05) is 88.3 Å². The highest BCUT2D eigenvalue weighted by atomic mass is 16.5. The summed E-state index contributed by atoms with van der Waals surface area (Å²) in [5.41, 5.74) is -0.0159. The Hall–Kier alpha value is -2.23. The Balaban J connectivity index is 2.10. The molecule has 7 atom stereocenters. The summed E-state index contributed by atoms with van der Waals surface area (Å²) in [6.07, 6.45) is 9.45. The first-order chi connectivity index (χ1) is 19.7. The average molecular weight is 591 g/mol. The summed E-state index contributed by atoms with van der Waals surface area (Å²) in [5.74, 6) is 0.469. The first-order valence-corrected chi connectivity index (χ1v) is 15.4. The lowest BCUT2D eigenvalue weighted by atomic mass is 9.82. The third-order valence-electron chi connectivity index (χ3n) is 8.21. The third kappa shape index (κ3) is 10.2. The van der Waals surface area contributed by atoms with Gasteiger partial charge in [-0.05, 0) is 46.0 Å². The first-order valence-electron chi connectivity index (χ1n) is 15.4. The van der Waals surface area contributed by atoms with Gasteiger partial charge >= 0.3 is 5.63 Å². The molecule has 1 aliphatic rings. The molecule has 42 heavy (non-hydrogen) atoms. The van der Waals surface area contributed by atoms with E-state index in [9.17, 15) is 30.3 Å². The van der Waals surface area contributed by atoms with E-state index in [0.717, 1.165) is 12.0 Å². The molecule has 0 amide bonds. The summed E-state index contributed by atoms with van der Waals surface area (Å²) in [5, 5.41) is 51.7. The van der Waals surface area contributed by atoms with Crippen LogP contribution >= 0.6 is 0 Å². The van der Waals surface area contributed by atoms with Crippen molar-refractivity contribution in [3.63, 3.8) is 0 Å². The summed E-state index contributed by atoms with van der Waals surface area (Å²) >= 11 is 0. The molecule has 5 N–H and O–H groups in total. The molecule has 1 saturated heterocycles. The zero-order chi connectivity index (χ0) is 31.6. The molecule has 8 nitrogen and oxygen atoms in total. The number of hydrogen-bond donors (Lipinski definition) is 5. The Bertz CT molecular complexity index is 1130. The SMILES string of the molecule is CCCCCCC(C)CC(C)=CC(C)C=C(C)C=CC(O)C(C)(C)c1cc(O)c([C@@H]2O[C@H](CO)C[C@H](O)[C@H]2O)c(=O)o1. The maximum Gasteiger partial charge on any atom is 0.345 e. The number of aliphatic hydroxyl groups excluding tert-OH is 4. The summed E-state index contributed by atoms with van der Waals surface area (Å²) in [4.78, 5) is 12.9. The fraction of sp³-hybridized carbons (Fsp3) is 0.676. The van der Waals surface area contributed by atoms with Crippen molar-refractivity contribution in [2.75, 3.05) is 6.61 Å². The zero-order valence-corrected chi connectivity index (χ0v) is 26.5. The number of aromatic hydroxyl groups is 1. The molecule has 8 heteroatoms. The molecule has 2 rings (SSSR count). The van der Waals surface area contributed by atoms with Crippen LogP contribution in [-0.2, 0) is 10.2 Å². The number of allylic oxidation sites excluding steroid dienone is 5. The predicted octanol–water partition coefficient (Wildman–Crippen LogP) is 5.61. The fourth-order valence-electron chi connectivity index (χ4n) is 5.62. The van der Waals surface area contributed by atoms with Crippen molar-refractivity contribution >= 4 is 0 Å². The van der Waals surface area contributed by atoms with E-state index in [0.29, 0.717) is 5.92 Å². The Kier molecular flexibility index (Phi) is 14.2. The van der Waals surface area contributed by atoms with Crippen LogP contribution in [0.15, 0.2) is 50.7 Å². The molecule has 1 aromatic heterocycles. The van der Waals surface area contributed by atoms with Crippen molar-refractivity contribution in [2.45, 2.75) is 129 Å². The molecule has 2 heterocycles. The maximum absolute atomic E-state index is 12.9. The van der Waals surface area contributed by atoms with Crippen LogP contribution in [0.1, 0.15) is 111 Å². The minimum atomic E-state index is -1.48. The van der Waals surface area contributed by atoms with Gasteiger partial charge in [-0.2, -0.15) is 0 Å². The van der Waals surface area contributed by atoms with Crippen molar-refractivity contribution in [3.05, 3.63) is 63.3 Å². The molecule has 1 aromatic rings. The van der Waals surface area contributed by atoms with E-state index in [1.165, 1.54) is 43.7 Å². The standard InChI is InChI=1S/C34H54O8/c1-8-9-10-11-12-21(2)15-23(4)17-24(5)16-22(3)13-14-28(38)34(6,7)29-19-26(36)30(33(40)42-29)32-31(39)27(37)18-25(20-35)41-32/h13-14,16-17,19,21,24-25,27-28,31-32,35-39H,8-12,15,18,20H2,1-7H3/t21?,24?,25-,27-,28?,31+,32-/m0/s1. The highest BCUT2D eigenvalue weighted by Crippen LogP contribution is 2.37. The van der Waals surface area contributed by atoms with E-state index >= 15 is 0 Å². The van der Waals surface area contributed by atoms with Gasteiger partial charge in [-0.3, -0.25) is 0 Å². The molecule has 0 aromatic carbocycles. The Morgan fingerprint density at radius 2 is 1.83 bits per heavy atom. The van der Waals surface area contributed by atoms with Gasteiger partial charge in [0.25, 0.3) is 0 Å². The van der Waals surface area contributed by atoms with Gasteiger partial charge in [0, 0.05) is 12.5 Å². The monoisotopic (exact) mass is 590 g/mol. The minimum absolute atomic E-state index is 0.00909. The van der Waals surface area contributed by atoms with Crippen LogP contribution in [0.2, 0.25) is 0 Å². The van der Waals surface area contributed by atoms with Gasteiger partial charge in [0.2, 0.25) is 0 Å². The van der Waals surface area contributed by atoms with E-state index < -0.39 is 53.9 Å². The molecule has 3 unspecified atom stereocenters. The summed E-state index contributed by atoms with van der Waals surface area (Å²) < 4.78 is 11.0. The van der Waals surface area contributed by atoms with Crippen LogP contribution in [-0.4, -0.2) is 56.6 Å². The number of rotatable bonds is 15. The largest absolute Gasteiger partial charge is 0.507 e. The second kappa shape index (κ2) is 16.6. The van der Waals surface area contributed by atoms with Gasteiger partial charge < -0.3 is 34.7 Å². The average Bonchev–Trinajstić information content (AvgIpc) is 2.91. The topological polar surface area (TPSA) is 141 Å². The van der Waals surface area contributed by atoms with Gasteiger partial charge in [0.1, 0.15) is 29.3 Å². The molecular formula is C34H54O8.